The monoisotopic (exact) mass is 547 g/mol. The van der Waals surface area contributed by atoms with Gasteiger partial charge in [-0.2, -0.15) is 0 Å². The third-order valence-electron chi connectivity index (χ3n) is 6.65. The first-order valence-corrected chi connectivity index (χ1v) is 13.4. The quantitative estimate of drug-likeness (QED) is 0.237. The van der Waals surface area contributed by atoms with Gasteiger partial charge in [-0.1, -0.05) is 29.8 Å². The number of anilines is 6. The number of aromatic nitrogens is 2. The summed E-state index contributed by atoms with van der Waals surface area (Å²) < 4.78 is 0. The van der Waals surface area contributed by atoms with E-state index in [0.29, 0.717) is 23.5 Å². The van der Waals surface area contributed by atoms with Gasteiger partial charge in [0.25, 0.3) is 5.91 Å². The Morgan fingerprint density at radius 1 is 0.927 bits per heavy atom. The molecule has 1 aliphatic rings. The second kappa shape index (κ2) is 12.4. The van der Waals surface area contributed by atoms with Crippen molar-refractivity contribution >= 4 is 46.2 Å². The number of hydrogen-bond acceptors (Lipinski definition) is 7. The fourth-order valence-corrected chi connectivity index (χ4v) is 4.55. The van der Waals surface area contributed by atoms with E-state index in [-0.39, 0.29) is 11.8 Å². The predicted molar refractivity (Wildman–Crippen MR) is 164 cm³/mol. The number of benzene rings is 3. The lowest BCUT2D eigenvalue weighted by molar-refractivity contribution is -0.111. The van der Waals surface area contributed by atoms with Gasteiger partial charge in [0.15, 0.2) is 0 Å². The van der Waals surface area contributed by atoms with Crippen LogP contribution in [-0.2, 0) is 11.2 Å². The molecule has 2 heterocycles. The van der Waals surface area contributed by atoms with E-state index in [0.717, 1.165) is 41.5 Å². The first-order chi connectivity index (χ1) is 19.9. The lowest BCUT2D eigenvalue weighted by atomic mass is 10.2. The van der Waals surface area contributed by atoms with Crippen LogP contribution in [0.3, 0.4) is 0 Å². The van der Waals surface area contributed by atoms with Crippen LogP contribution in [0.5, 0.6) is 0 Å². The first-order valence-electron chi connectivity index (χ1n) is 13.4. The number of amides is 2. The van der Waals surface area contributed by atoms with Crippen molar-refractivity contribution in [2.24, 2.45) is 0 Å². The van der Waals surface area contributed by atoms with E-state index in [4.69, 9.17) is 0 Å². The Labute approximate surface area is 239 Å². The Morgan fingerprint density at radius 3 is 2.44 bits per heavy atom. The largest absolute Gasteiger partial charge is 0.340 e. The van der Waals surface area contributed by atoms with E-state index in [2.05, 4.69) is 62.0 Å². The molecular formula is C32H33N7O2. The molecule has 41 heavy (non-hydrogen) atoms. The van der Waals surface area contributed by atoms with Crippen LogP contribution in [0.2, 0.25) is 0 Å². The van der Waals surface area contributed by atoms with E-state index < -0.39 is 0 Å². The van der Waals surface area contributed by atoms with Gasteiger partial charge in [0.1, 0.15) is 18.0 Å². The summed E-state index contributed by atoms with van der Waals surface area (Å²) in [6, 6.07) is 22.7. The van der Waals surface area contributed by atoms with Crippen LogP contribution in [0, 0.1) is 6.92 Å². The number of carbonyl (C=O) groups excluding carboxylic acids is 2. The number of fused-ring (bicyclic) bond motifs is 1. The van der Waals surface area contributed by atoms with Gasteiger partial charge < -0.3 is 25.8 Å². The van der Waals surface area contributed by atoms with Gasteiger partial charge in [0.2, 0.25) is 5.91 Å². The maximum atomic E-state index is 12.9. The molecule has 0 saturated carbocycles. The highest BCUT2D eigenvalue weighted by molar-refractivity contribution is 6.05. The van der Waals surface area contributed by atoms with E-state index in [1.54, 1.807) is 36.7 Å². The highest BCUT2D eigenvalue weighted by Gasteiger charge is 2.25. The van der Waals surface area contributed by atoms with Crippen LogP contribution in [0.1, 0.15) is 21.5 Å². The van der Waals surface area contributed by atoms with E-state index >= 15 is 0 Å². The van der Waals surface area contributed by atoms with E-state index in [1.807, 2.05) is 43.3 Å². The van der Waals surface area contributed by atoms with Crippen LogP contribution >= 0.6 is 0 Å². The van der Waals surface area contributed by atoms with Crippen LogP contribution < -0.4 is 20.9 Å². The van der Waals surface area contributed by atoms with E-state index in [1.165, 1.54) is 11.6 Å². The number of rotatable bonds is 9. The van der Waals surface area contributed by atoms with Crippen LogP contribution in [0.25, 0.3) is 0 Å². The average molecular weight is 548 g/mol. The van der Waals surface area contributed by atoms with Crippen molar-refractivity contribution < 1.29 is 9.59 Å². The maximum Gasteiger partial charge on any atom is 0.255 e. The summed E-state index contributed by atoms with van der Waals surface area (Å²) in [4.78, 5) is 38.2. The zero-order chi connectivity index (χ0) is 28.8. The van der Waals surface area contributed by atoms with Crippen molar-refractivity contribution in [1.29, 1.82) is 0 Å². The van der Waals surface area contributed by atoms with Crippen molar-refractivity contribution in [2.45, 2.75) is 13.3 Å². The summed E-state index contributed by atoms with van der Waals surface area (Å²) >= 11 is 0. The van der Waals surface area contributed by atoms with Crippen LogP contribution in [-0.4, -0.2) is 53.9 Å². The molecule has 1 aromatic heterocycles. The maximum absolute atomic E-state index is 12.9. The molecule has 3 N–H and O–H groups in total. The lowest BCUT2D eigenvalue weighted by Gasteiger charge is -2.19. The average Bonchev–Trinajstić information content (AvgIpc) is 3.39. The number of nitrogens with zero attached hydrogens (tertiary/aromatic N) is 4. The SMILES string of the molecule is Cc1ccc(N2CCc3c(Nc4cccc(NC(=O)c5ccc(NC(=O)/C=C/CN(C)C)cc5)c4)ncnc32)cc1. The van der Waals surface area contributed by atoms with Gasteiger partial charge in [-0.15, -0.1) is 0 Å². The number of hydrogen-bond donors (Lipinski definition) is 3. The summed E-state index contributed by atoms with van der Waals surface area (Å²) in [5.41, 5.74) is 5.93. The topological polar surface area (TPSA) is 102 Å². The normalized spacial score (nSPS) is 12.4. The lowest BCUT2D eigenvalue weighted by Crippen LogP contribution is -2.14. The number of nitrogens with one attached hydrogen (secondary N) is 3. The van der Waals surface area contributed by atoms with Crippen LogP contribution in [0.15, 0.2) is 91.3 Å². The minimum Gasteiger partial charge on any atom is -0.340 e. The summed E-state index contributed by atoms with van der Waals surface area (Å²) in [5.74, 6) is 1.19. The standard InChI is InChI=1S/C32H33N7O2/c1-22-9-15-27(16-10-22)39-19-17-28-30(33-21-34-31(28)39)36-25-6-4-7-26(20-25)37-32(41)23-11-13-24(14-12-23)35-29(40)8-5-18-38(2)3/h4-16,20-21H,17-19H2,1-3H3,(H,35,40)(H,37,41)(H,33,34,36)/b8-5+. The van der Waals surface area contributed by atoms with Gasteiger partial charge in [-0.25, -0.2) is 9.97 Å². The fraction of sp³-hybridized carbons (Fsp3) is 0.188. The molecule has 3 aromatic carbocycles. The third kappa shape index (κ3) is 6.95. The number of likely N-dealkylation sites (N-methyl/N-ethyl adjacent to an activating group) is 1. The molecule has 0 saturated heterocycles. The Balaban J connectivity index is 1.22. The minimum atomic E-state index is -0.248. The molecule has 208 valence electrons. The predicted octanol–water partition coefficient (Wildman–Crippen LogP) is 5.53. The number of carbonyl (C=O) groups is 2. The van der Waals surface area contributed by atoms with Gasteiger partial charge in [0.05, 0.1) is 0 Å². The Morgan fingerprint density at radius 2 is 1.68 bits per heavy atom. The summed E-state index contributed by atoms with van der Waals surface area (Å²) in [6.45, 7) is 3.59. The molecule has 0 radical (unpaired) electrons. The zero-order valence-electron chi connectivity index (χ0n) is 23.4. The fourth-order valence-electron chi connectivity index (χ4n) is 4.55. The molecule has 1 aliphatic heterocycles. The minimum absolute atomic E-state index is 0.217. The van der Waals surface area contributed by atoms with Crippen molar-refractivity contribution in [3.8, 4) is 0 Å². The molecule has 9 heteroatoms. The highest BCUT2D eigenvalue weighted by atomic mass is 16.2. The molecule has 9 nitrogen and oxygen atoms in total. The van der Waals surface area contributed by atoms with Crippen molar-refractivity contribution in [3.05, 3.63) is 108 Å². The summed E-state index contributed by atoms with van der Waals surface area (Å²) in [5, 5.41) is 9.15. The smallest absolute Gasteiger partial charge is 0.255 e. The van der Waals surface area contributed by atoms with Crippen molar-refractivity contribution in [1.82, 2.24) is 14.9 Å². The van der Waals surface area contributed by atoms with Gasteiger partial charge >= 0.3 is 0 Å². The molecule has 4 aromatic rings. The molecule has 0 unspecified atom stereocenters. The molecule has 0 aliphatic carbocycles. The van der Waals surface area contributed by atoms with Crippen molar-refractivity contribution in [2.75, 3.05) is 48.0 Å². The Bertz CT molecular complexity index is 1560. The summed E-state index contributed by atoms with van der Waals surface area (Å²) in [7, 11) is 3.87. The number of aryl methyl sites for hydroxylation is 1. The van der Waals surface area contributed by atoms with Gasteiger partial charge in [-0.05, 0) is 82.0 Å². The highest BCUT2D eigenvalue weighted by Crippen LogP contribution is 2.36. The molecule has 0 spiro atoms. The molecule has 5 rings (SSSR count). The molecule has 0 bridgehead atoms. The Kier molecular flexibility index (Phi) is 8.36. The molecular weight excluding hydrogens is 514 g/mol. The second-order valence-electron chi connectivity index (χ2n) is 10.2. The van der Waals surface area contributed by atoms with E-state index in [9.17, 15) is 9.59 Å². The van der Waals surface area contributed by atoms with Crippen molar-refractivity contribution in [3.63, 3.8) is 0 Å². The van der Waals surface area contributed by atoms with Crippen LogP contribution in [0.4, 0.5) is 34.4 Å². The second-order valence-corrected chi connectivity index (χ2v) is 10.2. The third-order valence-corrected chi connectivity index (χ3v) is 6.65. The molecule has 0 atom stereocenters. The Hall–Kier alpha value is -5.02. The zero-order valence-corrected chi connectivity index (χ0v) is 23.4. The van der Waals surface area contributed by atoms with Gasteiger partial charge in [0, 0.05) is 53.0 Å². The molecule has 0 fully saturated rings. The molecule has 2 amide bonds. The first kappa shape index (κ1) is 27.5. The van der Waals surface area contributed by atoms with Gasteiger partial charge in [-0.3, -0.25) is 9.59 Å². The summed E-state index contributed by atoms with van der Waals surface area (Å²) in [6.07, 6.45) is 5.69.